The summed E-state index contributed by atoms with van der Waals surface area (Å²) in [5.41, 5.74) is 1.71. The molecule has 0 heterocycles. The molecule has 0 bridgehead atoms. The van der Waals surface area contributed by atoms with Gasteiger partial charge in [0.15, 0.2) is 0 Å². The highest BCUT2D eigenvalue weighted by Gasteiger charge is 2.09. The largest absolute Gasteiger partial charge is 0.465 e. The van der Waals surface area contributed by atoms with Gasteiger partial charge in [0.2, 0.25) is 0 Å². The lowest BCUT2D eigenvalue weighted by Gasteiger charge is -2.05. The molecule has 1 aromatic carbocycles. The van der Waals surface area contributed by atoms with Crippen molar-refractivity contribution >= 4 is 33.5 Å². The third kappa shape index (κ3) is 3.50. The number of carbonyl (C=O) groups excluding carboxylic acids is 1. The molecule has 0 spiro atoms. The van der Waals surface area contributed by atoms with Gasteiger partial charge in [-0.05, 0) is 46.5 Å². The van der Waals surface area contributed by atoms with Crippen LogP contribution in [0.5, 0.6) is 0 Å². The summed E-state index contributed by atoms with van der Waals surface area (Å²) in [6, 6.07) is 5.61. The van der Waals surface area contributed by atoms with Crippen molar-refractivity contribution in [2.75, 3.05) is 13.0 Å². The molecule has 0 saturated heterocycles. The van der Waals surface area contributed by atoms with Gasteiger partial charge in [-0.1, -0.05) is 6.07 Å². The zero-order chi connectivity index (χ0) is 11.3. The van der Waals surface area contributed by atoms with E-state index in [-0.39, 0.29) is 5.97 Å². The molecule has 0 aliphatic heterocycles. The highest BCUT2D eigenvalue weighted by Crippen LogP contribution is 2.20. The van der Waals surface area contributed by atoms with Gasteiger partial charge in [-0.25, -0.2) is 4.79 Å². The highest BCUT2D eigenvalue weighted by atomic mass is 79.9. The fourth-order valence-corrected chi connectivity index (χ4v) is 1.98. The first kappa shape index (κ1) is 12.5. The molecule has 15 heavy (non-hydrogen) atoms. The number of hydrogen-bond donors (Lipinski definition) is 0. The molecule has 82 valence electrons. The molecule has 1 aromatic rings. The predicted molar refractivity (Wildman–Crippen MR) is 64.5 cm³/mol. The summed E-state index contributed by atoms with van der Waals surface area (Å²) in [6.45, 7) is 0. The Bertz CT molecular complexity index is 352. The molecule has 2 nitrogen and oxygen atoms in total. The highest BCUT2D eigenvalue weighted by molar-refractivity contribution is 9.10. The standard InChI is InChI=1S/C11H12BrClO2/c1-15-11(14)9-5-4-8(3-2-6-13)7-10(9)12/h4-5,7H,2-3,6H2,1H3. The van der Waals surface area contributed by atoms with Gasteiger partial charge in [-0.2, -0.15) is 0 Å². The fraction of sp³-hybridized carbons (Fsp3) is 0.364. The van der Waals surface area contributed by atoms with Gasteiger partial charge in [0, 0.05) is 10.4 Å². The monoisotopic (exact) mass is 290 g/mol. The van der Waals surface area contributed by atoms with Gasteiger partial charge in [-0.15, -0.1) is 11.6 Å². The first-order valence-corrected chi connectivity index (χ1v) is 5.94. The van der Waals surface area contributed by atoms with Crippen LogP contribution in [0.25, 0.3) is 0 Å². The molecule has 0 aliphatic carbocycles. The minimum atomic E-state index is -0.328. The molecule has 0 aliphatic rings. The molecule has 4 heteroatoms. The first-order chi connectivity index (χ1) is 7.19. The Balaban J connectivity index is 2.83. The zero-order valence-corrected chi connectivity index (χ0v) is 10.8. The van der Waals surface area contributed by atoms with Gasteiger partial charge in [-0.3, -0.25) is 0 Å². The molecule has 0 N–H and O–H groups in total. The van der Waals surface area contributed by atoms with E-state index in [1.54, 1.807) is 6.07 Å². The summed E-state index contributed by atoms with van der Waals surface area (Å²) in [4.78, 5) is 11.3. The van der Waals surface area contributed by atoms with Crippen LogP contribution >= 0.6 is 27.5 Å². The zero-order valence-electron chi connectivity index (χ0n) is 8.43. The number of esters is 1. The van der Waals surface area contributed by atoms with Gasteiger partial charge in [0.1, 0.15) is 0 Å². The molecule has 0 saturated carbocycles. The van der Waals surface area contributed by atoms with Crippen LogP contribution in [0.1, 0.15) is 22.3 Å². The number of halogens is 2. The minimum absolute atomic E-state index is 0.328. The SMILES string of the molecule is COC(=O)c1ccc(CCCCl)cc1Br. The second-order valence-electron chi connectivity index (χ2n) is 3.10. The number of ether oxygens (including phenoxy) is 1. The van der Waals surface area contributed by atoms with E-state index in [1.807, 2.05) is 12.1 Å². The number of aryl methyl sites for hydroxylation is 1. The van der Waals surface area contributed by atoms with Crippen molar-refractivity contribution in [1.82, 2.24) is 0 Å². The van der Waals surface area contributed by atoms with Crippen molar-refractivity contribution in [2.24, 2.45) is 0 Å². The van der Waals surface area contributed by atoms with Gasteiger partial charge >= 0.3 is 5.97 Å². The van der Waals surface area contributed by atoms with Crippen LogP contribution in [0.2, 0.25) is 0 Å². The lowest BCUT2D eigenvalue weighted by molar-refractivity contribution is 0.0599. The van der Waals surface area contributed by atoms with Gasteiger partial charge in [0.05, 0.1) is 12.7 Å². The van der Waals surface area contributed by atoms with Crippen molar-refractivity contribution in [3.8, 4) is 0 Å². The van der Waals surface area contributed by atoms with Crippen LogP contribution in [0.3, 0.4) is 0 Å². The Morgan fingerprint density at radius 1 is 1.53 bits per heavy atom. The van der Waals surface area contributed by atoms with Gasteiger partial charge in [0.25, 0.3) is 0 Å². The lowest BCUT2D eigenvalue weighted by atomic mass is 10.1. The van der Waals surface area contributed by atoms with Crippen LogP contribution in [0.15, 0.2) is 22.7 Å². The van der Waals surface area contributed by atoms with Crippen molar-refractivity contribution in [3.05, 3.63) is 33.8 Å². The summed E-state index contributed by atoms with van der Waals surface area (Å²) in [5, 5.41) is 0. The van der Waals surface area contributed by atoms with Crippen molar-refractivity contribution in [3.63, 3.8) is 0 Å². The molecule has 0 radical (unpaired) electrons. The van der Waals surface area contributed by atoms with Crippen LogP contribution in [-0.2, 0) is 11.2 Å². The smallest absolute Gasteiger partial charge is 0.338 e. The molecule has 0 fully saturated rings. The third-order valence-electron chi connectivity index (χ3n) is 2.04. The van der Waals surface area contributed by atoms with Crippen LogP contribution in [-0.4, -0.2) is 19.0 Å². The summed E-state index contributed by atoms with van der Waals surface area (Å²) in [7, 11) is 1.37. The molecule has 1 rings (SSSR count). The summed E-state index contributed by atoms with van der Waals surface area (Å²) >= 11 is 8.96. The number of hydrogen-bond acceptors (Lipinski definition) is 2. The minimum Gasteiger partial charge on any atom is -0.465 e. The molecular weight excluding hydrogens is 279 g/mol. The Labute approximate surface area is 103 Å². The molecule has 0 aromatic heterocycles. The summed E-state index contributed by atoms with van der Waals surface area (Å²) < 4.78 is 5.41. The van der Waals surface area contributed by atoms with E-state index in [2.05, 4.69) is 20.7 Å². The summed E-state index contributed by atoms with van der Waals surface area (Å²) in [5.74, 6) is 0.321. The van der Waals surface area contributed by atoms with E-state index < -0.39 is 0 Å². The number of carbonyl (C=O) groups is 1. The van der Waals surface area contributed by atoms with E-state index >= 15 is 0 Å². The predicted octanol–water partition coefficient (Wildman–Crippen LogP) is 3.41. The van der Waals surface area contributed by atoms with Crippen LogP contribution in [0.4, 0.5) is 0 Å². The molecule has 0 unspecified atom stereocenters. The third-order valence-corrected chi connectivity index (χ3v) is 2.96. The molecular formula is C11H12BrClO2. The molecule has 0 amide bonds. The summed E-state index contributed by atoms with van der Waals surface area (Å²) in [6.07, 6.45) is 1.86. The topological polar surface area (TPSA) is 26.3 Å². The fourth-order valence-electron chi connectivity index (χ4n) is 1.26. The maximum atomic E-state index is 11.3. The normalized spacial score (nSPS) is 10.1. The number of rotatable bonds is 4. The van der Waals surface area contributed by atoms with Crippen molar-refractivity contribution in [1.29, 1.82) is 0 Å². The lowest BCUT2D eigenvalue weighted by Crippen LogP contribution is -2.02. The van der Waals surface area contributed by atoms with E-state index in [1.165, 1.54) is 7.11 Å². The number of benzene rings is 1. The van der Waals surface area contributed by atoms with E-state index in [0.717, 1.165) is 22.9 Å². The Morgan fingerprint density at radius 2 is 2.27 bits per heavy atom. The quantitative estimate of drug-likeness (QED) is 0.628. The maximum Gasteiger partial charge on any atom is 0.338 e. The van der Waals surface area contributed by atoms with Crippen molar-refractivity contribution < 1.29 is 9.53 Å². The number of methoxy groups -OCH3 is 1. The van der Waals surface area contributed by atoms with E-state index in [4.69, 9.17) is 11.6 Å². The second-order valence-corrected chi connectivity index (χ2v) is 4.33. The van der Waals surface area contributed by atoms with Crippen molar-refractivity contribution in [2.45, 2.75) is 12.8 Å². The van der Waals surface area contributed by atoms with Crippen LogP contribution < -0.4 is 0 Å². The Morgan fingerprint density at radius 3 is 2.80 bits per heavy atom. The molecule has 0 atom stereocenters. The Hall–Kier alpha value is -0.540. The number of alkyl halides is 1. The Kier molecular flexibility index (Phi) is 5.12. The van der Waals surface area contributed by atoms with E-state index in [0.29, 0.717) is 11.4 Å². The average molecular weight is 292 g/mol. The first-order valence-electron chi connectivity index (χ1n) is 4.61. The average Bonchev–Trinajstić information content (AvgIpc) is 2.25. The maximum absolute atomic E-state index is 11.3. The second kappa shape index (κ2) is 6.13. The van der Waals surface area contributed by atoms with Gasteiger partial charge < -0.3 is 4.74 Å². The van der Waals surface area contributed by atoms with E-state index in [9.17, 15) is 4.79 Å². The van der Waals surface area contributed by atoms with Crippen LogP contribution in [0, 0.1) is 0 Å².